The van der Waals surface area contributed by atoms with Crippen molar-refractivity contribution in [3.05, 3.63) is 93.8 Å². The molecule has 0 spiro atoms. The predicted molar refractivity (Wildman–Crippen MR) is 144 cm³/mol. The Bertz CT molecular complexity index is 1680. The van der Waals surface area contributed by atoms with Gasteiger partial charge in [-0.2, -0.15) is 10.2 Å². The predicted octanol–water partition coefficient (Wildman–Crippen LogP) is 5.14. The first-order chi connectivity index (χ1) is 18.3. The molecule has 11 heteroatoms. The van der Waals surface area contributed by atoms with Crippen LogP contribution in [-0.4, -0.2) is 37.4 Å². The number of carbonyl (C=O) groups is 2. The molecule has 0 aliphatic carbocycles. The Balaban J connectivity index is 1.39. The summed E-state index contributed by atoms with van der Waals surface area (Å²) < 4.78 is 17.3. The molecule has 0 bridgehead atoms. The van der Waals surface area contributed by atoms with E-state index in [0.29, 0.717) is 10.0 Å². The number of benzene rings is 2. The van der Waals surface area contributed by atoms with Gasteiger partial charge in [-0.3, -0.25) is 14.3 Å². The summed E-state index contributed by atoms with van der Waals surface area (Å²) in [4.78, 5) is 29.3. The number of nitrogens with one attached hydrogen (secondary N) is 1. The maximum absolute atomic E-state index is 13.7. The summed E-state index contributed by atoms with van der Waals surface area (Å²) in [5.41, 5.74) is 2.50. The van der Waals surface area contributed by atoms with Gasteiger partial charge in [-0.25, -0.2) is 9.07 Å². The minimum atomic E-state index is -0.510. The molecule has 2 aromatic carbocycles. The summed E-state index contributed by atoms with van der Waals surface area (Å²) in [6, 6.07) is 16.1. The van der Waals surface area contributed by atoms with Crippen LogP contribution in [0.15, 0.2) is 73.1 Å². The highest BCUT2D eigenvalue weighted by atomic mass is 35.5. The molecule has 5 aromatic rings. The highest BCUT2D eigenvalue weighted by Gasteiger charge is 2.48. The first-order valence-electron chi connectivity index (χ1n) is 11.9. The highest BCUT2D eigenvalue weighted by Crippen LogP contribution is 2.44. The summed E-state index contributed by atoms with van der Waals surface area (Å²) in [6.45, 7) is 1.82. The van der Waals surface area contributed by atoms with Crippen LogP contribution in [0, 0.1) is 11.7 Å². The lowest BCUT2D eigenvalue weighted by Crippen LogP contribution is -2.42. The molecule has 1 aliphatic heterocycles. The van der Waals surface area contributed by atoms with Crippen molar-refractivity contribution in [3.8, 4) is 5.69 Å². The number of hydrogen-bond donors (Lipinski definition) is 1. The number of hydrogen-bond acceptors (Lipinski definition) is 5. The number of fused-ring (bicyclic) bond motifs is 1. The summed E-state index contributed by atoms with van der Waals surface area (Å²) >= 11 is 7.66. The molecular weight excluding hydrogens is 527 g/mol. The standard InChI is InChI=1S/C27H22ClFN6O2S/c1-15-24(31-26(36)20-11-12-33(2)32-20)25(22-9-10-23(28)38-22)34(27(15)37)19-7-8-21-16(13-19)14-30-35(21)18-5-3-17(29)4-6-18/h3-15,24-25H,1-2H3,(H,31,36)/t15-,24?,25+/m0/s1. The zero-order chi connectivity index (χ0) is 26.6. The Labute approximate surface area is 226 Å². The van der Waals surface area contributed by atoms with Gasteiger partial charge in [0, 0.05) is 29.2 Å². The average Bonchev–Trinajstić information content (AvgIpc) is 3.68. The van der Waals surface area contributed by atoms with E-state index >= 15 is 0 Å². The van der Waals surface area contributed by atoms with Crippen molar-refractivity contribution >= 4 is 51.3 Å². The fourth-order valence-corrected chi connectivity index (χ4v) is 6.15. The van der Waals surface area contributed by atoms with E-state index in [-0.39, 0.29) is 23.3 Å². The van der Waals surface area contributed by atoms with Gasteiger partial charge < -0.3 is 10.2 Å². The van der Waals surface area contributed by atoms with Crippen molar-refractivity contribution in [1.82, 2.24) is 24.9 Å². The minimum absolute atomic E-state index is 0.115. The fourth-order valence-electron chi connectivity index (χ4n) is 4.95. The second-order valence-corrected chi connectivity index (χ2v) is 11.0. The van der Waals surface area contributed by atoms with Crippen LogP contribution in [0.25, 0.3) is 16.6 Å². The van der Waals surface area contributed by atoms with Gasteiger partial charge >= 0.3 is 0 Å². The molecule has 1 unspecified atom stereocenters. The molecular formula is C27H22ClFN6O2S. The Morgan fingerprint density at radius 2 is 1.84 bits per heavy atom. The molecule has 6 rings (SSSR count). The summed E-state index contributed by atoms with van der Waals surface area (Å²) in [7, 11) is 1.74. The first kappa shape index (κ1) is 24.3. The third kappa shape index (κ3) is 4.15. The van der Waals surface area contributed by atoms with Gasteiger partial charge in [0.1, 0.15) is 11.5 Å². The number of halogens is 2. The minimum Gasteiger partial charge on any atom is -0.345 e. The molecule has 8 nitrogen and oxygen atoms in total. The van der Waals surface area contributed by atoms with E-state index in [1.807, 2.05) is 31.2 Å². The van der Waals surface area contributed by atoms with Crippen LogP contribution in [0.2, 0.25) is 4.34 Å². The lowest BCUT2D eigenvalue weighted by atomic mass is 9.98. The van der Waals surface area contributed by atoms with Gasteiger partial charge in [-0.15, -0.1) is 11.3 Å². The van der Waals surface area contributed by atoms with Gasteiger partial charge in [-0.1, -0.05) is 18.5 Å². The zero-order valence-electron chi connectivity index (χ0n) is 20.4. The van der Waals surface area contributed by atoms with Crippen molar-refractivity contribution in [3.63, 3.8) is 0 Å². The number of carbonyl (C=O) groups excluding carboxylic acids is 2. The topological polar surface area (TPSA) is 85.0 Å². The van der Waals surface area contributed by atoms with Gasteiger partial charge in [-0.05, 0) is 60.7 Å². The van der Waals surface area contributed by atoms with Crippen LogP contribution >= 0.6 is 22.9 Å². The van der Waals surface area contributed by atoms with Crippen molar-refractivity contribution in [2.24, 2.45) is 13.0 Å². The van der Waals surface area contributed by atoms with Crippen LogP contribution in [0.5, 0.6) is 0 Å². The van der Waals surface area contributed by atoms with E-state index < -0.39 is 18.0 Å². The average molecular weight is 549 g/mol. The quantitative estimate of drug-likeness (QED) is 0.330. The SMILES string of the molecule is C[C@@H]1C(=O)N(c2ccc3c(cnn3-c3ccc(F)cc3)c2)[C@H](c2ccc(Cl)s2)C1NC(=O)c1ccn(C)n1. The van der Waals surface area contributed by atoms with Gasteiger partial charge in [0.25, 0.3) is 5.91 Å². The van der Waals surface area contributed by atoms with Gasteiger partial charge in [0.05, 0.1) is 39.7 Å². The molecule has 4 heterocycles. The third-order valence-electron chi connectivity index (χ3n) is 6.81. The number of thiophene rings is 1. The Hall–Kier alpha value is -4.02. The molecule has 1 saturated heterocycles. The maximum atomic E-state index is 13.7. The summed E-state index contributed by atoms with van der Waals surface area (Å²) in [6.07, 6.45) is 3.41. The van der Waals surface area contributed by atoms with Crippen molar-refractivity contribution in [2.75, 3.05) is 4.90 Å². The Kier molecular flexibility index (Phi) is 6.00. The lowest BCUT2D eigenvalue weighted by Gasteiger charge is -2.28. The summed E-state index contributed by atoms with van der Waals surface area (Å²) in [5.74, 6) is -1.28. The normalized spacial score (nSPS) is 19.4. The maximum Gasteiger partial charge on any atom is 0.272 e. The smallest absolute Gasteiger partial charge is 0.272 e. The second kappa shape index (κ2) is 9.38. The third-order valence-corrected chi connectivity index (χ3v) is 8.12. The van der Waals surface area contributed by atoms with Gasteiger partial charge in [0.2, 0.25) is 5.91 Å². The molecule has 2 amide bonds. The molecule has 38 heavy (non-hydrogen) atoms. The van der Waals surface area contributed by atoms with Crippen molar-refractivity contribution < 1.29 is 14.0 Å². The number of aromatic nitrogens is 4. The number of aryl methyl sites for hydroxylation is 1. The largest absolute Gasteiger partial charge is 0.345 e. The number of nitrogens with zero attached hydrogens (tertiary/aromatic N) is 5. The fraction of sp³-hybridized carbons (Fsp3) is 0.185. The molecule has 1 aliphatic rings. The molecule has 0 saturated carbocycles. The zero-order valence-corrected chi connectivity index (χ0v) is 21.9. The Morgan fingerprint density at radius 3 is 2.53 bits per heavy atom. The van der Waals surface area contributed by atoms with E-state index in [9.17, 15) is 14.0 Å². The van der Waals surface area contributed by atoms with E-state index in [1.54, 1.807) is 58.0 Å². The van der Waals surface area contributed by atoms with Crippen LogP contribution in [0.3, 0.4) is 0 Å². The molecule has 1 fully saturated rings. The molecule has 192 valence electrons. The van der Waals surface area contributed by atoms with E-state index in [2.05, 4.69) is 15.5 Å². The van der Waals surface area contributed by atoms with E-state index in [1.165, 1.54) is 23.5 Å². The van der Waals surface area contributed by atoms with Gasteiger partial charge in [0.15, 0.2) is 0 Å². The van der Waals surface area contributed by atoms with E-state index in [0.717, 1.165) is 21.5 Å². The van der Waals surface area contributed by atoms with Crippen LogP contribution < -0.4 is 10.2 Å². The Morgan fingerprint density at radius 1 is 1.08 bits per heavy atom. The van der Waals surface area contributed by atoms with Crippen molar-refractivity contribution in [1.29, 1.82) is 0 Å². The molecule has 3 atom stereocenters. The van der Waals surface area contributed by atoms with Crippen LogP contribution in [0.4, 0.5) is 10.1 Å². The number of anilines is 1. The molecule has 1 N–H and O–H groups in total. The first-order valence-corrected chi connectivity index (χ1v) is 13.1. The second-order valence-electron chi connectivity index (χ2n) is 9.23. The monoisotopic (exact) mass is 548 g/mol. The van der Waals surface area contributed by atoms with Crippen LogP contribution in [0.1, 0.15) is 28.3 Å². The number of amides is 2. The van der Waals surface area contributed by atoms with Crippen LogP contribution in [-0.2, 0) is 11.8 Å². The lowest BCUT2D eigenvalue weighted by molar-refractivity contribution is -0.120. The molecule has 0 radical (unpaired) electrons. The summed E-state index contributed by atoms with van der Waals surface area (Å²) in [5, 5.41) is 12.5. The number of rotatable bonds is 5. The van der Waals surface area contributed by atoms with E-state index in [4.69, 9.17) is 11.6 Å². The highest BCUT2D eigenvalue weighted by molar-refractivity contribution is 7.16. The molecule has 3 aromatic heterocycles. The van der Waals surface area contributed by atoms with Crippen molar-refractivity contribution in [2.45, 2.75) is 19.0 Å².